The average molecular weight is 319 g/mol. The summed E-state index contributed by atoms with van der Waals surface area (Å²) in [6, 6.07) is 16.8. The molecule has 0 spiro atoms. The van der Waals surface area contributed by atoms with Gasteiger partial charge in [-0.3, -0.25) is 0 Å². The molecule has 0 saturated heterocycles. The van der Waals surface area contributed by atoms with Gasteiger partial charge in [-0.15, -0.1) is 0 Å². The molecule has 3 heteroatoms. The fraction of sp³-hybridized carbons (Fsp3) is 0.188. The first kappa shape index (κ1) is 13.8. The van der Waals surface area contributed by atoms with Crippen LogP contribution in [0.5, 0.6) is 0 Å². The van der Waals surface area contributed by atoms with Gasteiger partial charge in [-0.1, -0.05) is 52.3 Å². The molecule has 0 aliphatic rings. The Morgan fingerprint density at radius 2 is 1.58 bits per heavy atom. The molecule has 98 valence electrons. The zero-order chi connectivity index (χ0) is 13.9. The molecule has 0 unspecified atom stereocenters. The van der Waals surface area contributed by atoms with Crippen molar-refractivity contribution in [3.8, 4) is 0 Å². The zero-order valence-corrected chi connectivity index (χ0v) is 12.5. The van der Waals surface area contributed by atoms with Crippen molar-refractivity contribution in [1.82, 2.24) is 0 Å². The van der Waals surface area contributed by atoms with E-state index in [2.05, 4.69) is 15.9 Å². The highest BCUT2D eigenvalue weighted by Gasteiger charge is 2.27. The molecule has 0 aliphatic heterocycles. The number of rotatable bonds is 3. The van der Waals surface area contributed by atoms with Crippen LogP contribution in [0.3, 0.4) is 0 Å². The van der Waals surface area contributed by atoms with Crippen molar-refractivity contribution in [3.05, 3.63) is 70.2 Å². The predicted molar refractivity (Wildman–Crippen MR) is 79.0 cm³/mol. The number of esters is 1. The van der Waals surface area contributed by atoms with Crippen molar-refractivity contribution >= 4 is 21.9 Å². The van der Waals surface area contributed by atoms with Gasteiger partial charge in [0.25, 0.3) is 0 Å². The summed E-state index contributed by atoms with van der Waals surface area (Å²) in [5.74, 6) is -0.318. The highest BCUT2D eigenvalue weighted by molar-refractivity contribution is 9.10. The SMILES string of the molecule is CC(C)(OC(=O)c1ccccc1)c1ccccc1Br. The highest BCUT2D eigenvalue weighted by atomic mass is 79.9. The van der Waals surface area contributed by atoms with Crippen molar-refractivity contribution in [2.45, 2.75) is 19.4 Å². The van der Waals surface area contributed by atoms with Crippen LogP contribution in [0.25, 0.3) is 0 Å². The molecule has 0 radical (unpaired) electrons. The van der Waals surface area contributed by atoms with Gasteiger partial charge in [0.1, 0.15) is 5.60 Å². The first-order chi connectivity index (χ1) is 9.00. The minimum absolute atomic E-state index is 0.318. The van der Waals surface area contributed by atoms with Crippen LogP contribution in [-0.4, -0.2) is 5.97 Å². The molecule has 0 atom stereocenters. The molecule has 0 N–H and O–H groups in total. The first-order valence-electron chi connectivity index (χ1n) is 6.04. The molecule has 2 rings (SSSR count). The van der Waals surface area contributed by atoms with Crippen LogP contribution in [0.2, 0.25) is 0 Å². The Kier molecular flexibility index (Phi) is 4.05. The summed E-state index contributed by atoms with van der Waals surface area (Å²) >= 11 is 3.49. The van der Waals surface area contributed by atoms with E-state index in [9.17, 15) is 4.79 Å². The minimum Gasteiger partial charge on any atom is -0.451 e. The Morgan fingerprint density at radius 3 is 2.21 bits per heavy atom. The Balaban J connectivity index is 2.23. The van der Waals surface area contributed by atoms with E-state index in [-0.39, 0.29) is 5.97 Å². The van der Waals surface area contributed by atoms with E-state index in [1.807, 2.05) is 56.3 Å². The largest absolute Gasteiger partial charge is 0.451 e. The third-order valence-electron chi connectivity index (χ3n) is 2.88. The molecule has 0 saturated carbocycles. The van der Waals surface area contributed by atoms with E-state index in [4.69, 9.17) is 4.74 Å². The van der Waals surface area contributed by atoms with Gasteiger partial charge in [-0.2, -0.15) is 0 Å². The molecule has 0 bridgehead atoms. The second-order valence-corrected chi connectivity index (χ2v) is 5.60. The summed E-state index contributed by atoms with van der Waals surface area (Å²) in [6.07, 6.45) is 0. The van der Waals surface area contributed by atoms with Gasteiger partial charge in [0.2, 0.25) is 0 Å². The summed E-state index contributed by atoms with van der Waals surface area (Å²) in [6.45, 7) is 3.77. The van der Waals surface area contributed by atoms with Crippen LogP contribution in [0.1, 0.15) is 29.8 Å². The van der Waals surface area contributed by atoms with E-state index < -0.39 is 5.60 Å². The summed E-state index contributed by atoms with van der Waals surface area (Å²) in [5, 5.41) is 0. The van der Waals surface area contributed by atoms with Crippen molar-refractivity contribution in [1.29, 1.82) is 0 Å². The normalized spacial score (nSPS) is 11.1. The highest BCUT2D eigenvalue weighted by Crippen LogP contribution is 2.31. The van der Waals surface area contributed by atoms with E-state index in [0.717, 1.165) is 10.0 Å². The minimum atomic E-state index is -0.687. The molecule has 0 aromatic heterocycles. The molecular weight excluding hydrogens is 304 g/mol. The van der Waals surface area contributed by atoms with Crippen LogP contribution in [-0.2, 0) is 10.3 Å². The second-order valence-electron chi connectivity index (χ2n) is 4.75. The molecule has 0 heterocycles. The van der Waals surface area contributed by atoms with Crippen molar-refractivity contribution in [2.24, 2.45) is 0 Å². The van der Waals surface area contributed by atoms with E-state index in [1.165, 1.54) is 0 Å². The maximum absolute atomic E-state index is 12.1. The molecule has 0 aliphatic carbocycles. The molecule has 2 aromatic rings. The van der Waals surface area contributed by atoms with Crippen molar-refractivity contribution < 1.29 is 9.53 Å². The Hall–Kier alpha value is -1.61. The topological polar surface area (TPSA) is 26.3 Å². The number of hydrogen-bond donors (Lipinski definition) is 0. The first-order valence-corrected chi connectivity index (χ1v) is 6.83. The smallest absolute Gasteiger partial charge is 0.338 e. The number of carbonyl (C=O) groups is 1. The van der Waals surface area contributed by atoms with Gasteiger partial charge in [-0.05, 0) is 32.0 Å². The van der Waals surface area contributed by atoms with Crippen molar-refractivity contribution in [3.63, 3.8) is 0 Å². The number of carbonyl (C=O) groups excluding carboxylic acids is 1. The third-order valence-corrected chi connectivity index (χ3v) is 3.57. The van der Waals surface area contributed by atoms with E-state index >= 15 is 0 Å². The second kappa shape index (κ2) is 5.57. The molecular formula is C16H15BrO2. The van der Waals surface area contributed by atoms with Gasteiger partial charge in [-0.25, -0.2) is 4.79 Å². The van der Waals surface area contributed by atoms with Crippen molar-refractivity contribution in [2.75, 3.05) is 0 Å². The molecule has 0 amide bonds. The van der Waals surface area contributed by atoms with Crippen LogP contribution in [0.4, 0.5) is 0 Å². The Morgan fingerprint density at radius 1 is 1.00 bits per heavy atom. The van der Waals surface area contributed by atoms with Gasteiger partial charge in [0, 0.05) is 10.0 Å². The lowest BCUT2D eigenvalue weighted by atomic mass is 9.98. The Labute approximate surface area is 121 Å². The quantitative estimate of drug-likeness (QED) is 0.776. The van der Waals surface area contributed by atoms with Gasteiger partial charge < -0.3 is 4.74 Å². The maximum atomic E-state index is 12.1. The molecule has 2 aromatic carbocycles. The van der Waals surface area contributed by atoms with Crippen LogP contribution in [0.15, 0.2) is 59.1 Å². The number of hydrogen-bond acceptors (Lipinski definition) is 2. The summed E-state index contributed by atoms with van der Waals surface area (Å²) in [5.41, 5.74) is 0.814. The van der Waals surface area contributed by atoms with Gasteiger partial charge >= 0.3 is 5.97 Å². The lowest BCUT2D eigenvalue weighted by Crippen LogP contribution is -2.26. The van der Waals surface area contributed by atoms with Crippen LogP contribution in [0, 0.1) is 0 Å². The summed E-state index contributed by atoms with van der Waals surface area (Å²) in [7, 11) is 0. The molecule has 2 nitrogen and oxygen atoms in total. The maximum Gasteiger partial charge on any atom is 0.338 e. The number of ether oxygens (including phenoxy) is 1. The zero-order valence-electron chi connectivity index (χ0n) is 10.9. The van der Waals surface area contributed by atoms with Gasteiger partial charge in [0.15, 0.2) is 0 Å². The number of benzene rings is 2. The standard InChI is InChI=1S/C16H15BrO2/c1-16(2,13-10-6-7-11-14(13)17)19-15(18)12-8-4-3-5-9-12/h3-11H,1-2H3. The van der Waals surface area contributed by atoms with Gasteiger partial charge in [0.05, 0.1) is 5.56 Å². The van der Waals surface area contributed by atoms with E-state index in [1.54, 1.807) is 12.1 Å². The predicted octanol–water partition coefficient (Wildman–Crippen LogP) is 4.54. The fourth-order valence-electron chi connectivity index (χ4n) is 1.87. The summed E-state index contributed by atoms with van der Waals surface area (Å²) in [4.78, 5) is 12.1. The average Bonchev–Trinajstić information content (AvgIpc) is 2.39. The monoisotopic (exact) mass is 318 g/mol. The molecule has 19 heavy (non-hydrogen) atoms. The third kappa shape index (κ3) is 3.24. The lowest BCUT2D eigenvalue weighted by Gasteiger charge is -2.26. The van der Waals surface area contributed by atoms with Crippen LogP contribution >= 0.6 is 15.9 Å². The molecule has 0 fully saturated rings. The fourth-order valence-corrected chi connectivity index (χ4v) is 2.63. The number of halogens is 1. The van der Waals surface area contributed by atoms with E-state index in [0.29, 0.717) is 5.56 Å². The lowest BCUT2D eigenvalue weighted by molar-refractivity contribution is -0.00342. The summed E-state index contributed by atoms with van der Waals surface area (Å²) < 4.78 is 6.55. The van der Waals surface area contributed by atoms with Crippen LogP contribution < -0.4 is 0 Å². The Bertz CT molecular complexity index is 576.